The van der Waals surface area contributed by atoms with Crippen LogP contribution in [-0.4, -0.2) is 54.0 Å². The molecule has 0 spiro atoms. The summed E-state index contributed by atoms with van der Waals surface area (Å²) in [6.07, 6.45) is 6.35. The summed E-state index contributed by atoms with van der Waals surface area (Å²) in [5.41, 5.74) is 6.53. The molecule has 2 heterocycles. The third-order valence-corrected chi connectivity index (χ3v) is 9.42. The molecule has 2 aliphatic heterocycles. The topological polar surface area (TPSA) is 35.9 Å². The number of aliphatic imine (C=N–C) groups is 1. The highest BCUT2D eigenvalue weighted by Gasteiger charge is 2.38. The first kappa shape index (κ1) is 24.4. The van der Waals surface area contributed by atoms with Gasteiger partial charge in [0.25, 0.3) is 0 Å². The van der Waals surface area contributed by atoms with Crippen LogP contribution in [-0.2, 0) is 4.79 Å². The van der Waals surface area contributed by atoms with E-state index in [-0.39, 0.29) is 12.0 Å². The number of anilines is 1. The number of carbonyl (C=O) groups is 1. The molecule has 0 radical (unpaired) electrons. The van der Waals surface area contributed by atoms with Crippen LogP contribution in [0.5, 0.6) is 0 Å². The number of benzene rings is 2. The number of fused-ring (bicyclic) bond motifs is 2. The molecule has 4 nitrogen and oxygen atoms in total. The van der Waals surface area contributed by atoms with E-state index >= 15 is 0 Å². The average Bonchev–Trinajstić information content (AvgIpc) is 3.03. The van der Waals surface area contributed by atoms with Crippen LogP contribution in [0.4, 0.5) is 5.69 Å². The van der Waals surface area contributed by atoms with Gasteiger partial charge in [0.15, 0.2) is 0 Å². The molecule has 0 bridgehead atoms. The second-order valence-corrected chi connectivity index (χ2v) is 11.8. The molecule has 3 atom stereocenters. The van der Waals surface area contributed by atoms with Crippen molar-refractivity contribution in [1.82, 2.24) is 4.90 Å². The second-order valence-electron chi connectivity index (χ2n) is 10.5. The molecule has 2 unspecified atom stereocenters. The Balaban J connectivity index is 1.25. The molecule has 1 saturated carbocycles. The quantitative estimate of drug-likeness (QED) is 0.496. The van der Waals surface area contributed by atoms with Gasteiger partial charge in [-0.2, -0.15) is 0 Å². The van der Waals surface area contributed by atoms with Crippen LogP contribution in [0.15, 0.2) is 52.4 Å². The molecule has 3 aliphatic rings. The van der Waals surface area contributed by atoms with Gasteiger partial charge in [0.05, 0.1) is 6.04 Å². The smallest absolute Gasteiger partial charge is 0.225 e. The number of amides is 1. The molecule has 2 fully saturated rings. The Morgan fingerprint density at radius 3 is 2.63 bits per heavy atom. The predicted octanol–water partition coefficient (Wildman–Crippen LogP) is 6.27. The first-order valence-electron chi connectivity index (χ1n) is 13.5. The number of carbonyl (C=O) groups excluding carboxylic acids is 1. The van der Waals surface area contributed by atoms with Gasteiger partial charge in [0.2, 0.25) is 5.91 Å². The van der Waals surface area contributed by atoms with E-state index in [1.165, 1.54) is 45.8 Å². The van der Waals surface area contributed by atoms with Gasteiger partial charge in [-0.3, -0.25) is 9.79 Å². The van der Waals surface area contributed by atoms with Crippen LogP contribution in [0, 0.1) is 19.8 Å². The third-order valence-electron chi connectivity index (χ3n) is 7.95. The molecule has 2 aromatic rings. The van der Waals surface area contributed by atoms with Crippen molar-refractivity contribution in [3.8, 4) is 0 Å². The minimum atomic E-state index is 0.113. The fraction of sp³-hybridized carbons (Fsp3) is 0.533. The number of aryl methyl sites for hydroxylation is 2. The Labute approximate surface area is 215 Å². The van der Waals surface area contributed by atoms with Crippen molar-refractivity contribution in [2.75, 3.05) is 31.1 Å². The van der Waals surface area contributed by atoms with Crippen molar-refractivity contribution in [2.45, 2.75) is 75.5 Å². The van der Waals surface area contributed by atoms with E-state index in [1.807, 2.05) is 11.8 Å². The Hall–Kier alpha value is -2.27. The van der Waals surface area contributed by atoms with Crippen molar-refractivity contribution in [3.63, 3.8) is 0 Å². The number of rotatable bonds is 5. The highest BCUT2D eigenvalue weighted by atomic mass is 32.2. The van der Waals surface area contributed by atoms with Crippen LogP contribution in [0.2, 0.25) is 0 Å². The van der Waals surface area contributed by atoms with E-state index in [0.717, 1.165) is 51.9 Å². The summed E-state index contributed by atoms with van der Waals surface area (Å²) in [7, 11) is 0. The average molecular weight is 490 g/mol. The Kier molecular flexibility index (Phi) is 7.52. The Morgan fingerprint density at radius 2 is 1.86 bits per heavy atom. The number of hydrogen-bond donors (Lipinski definition) is 0. The van der Waals surface area contributed by atoms with E-state index in [0.29, 0.717) is 11.2 Å². The summed E-state index contributed by atoms with van der Waals surface area (Å²) >= 11 is 2.00. The summed E-state index contributed by atoms with van der Waals surface area (Å²) in [6.45, 7) is 10.1. The van der Waals surface area contributed by atoms with E-state index in [4.69, 9.17) is 4.99 Å². The largest absolute Gasteiger partial charge is 0.368 e. The molecule has 2 aromatic carbocycles. The van der Waals surface area contributed by atoms with Crippen LogP contribution in [0.1, 0.15) is 62.1 Å². The van der Waals surface area contributed by atoms with Crippen LogP contribution in [0.3, 0.4) is 0 Å². The van der Waals surface area contributed by atoms with Gasteiger partial charge in [-0.25, -0.2) is 0 Å². The minimum absolute atomic E-state index is 0.113. The zero-order valence-corrected chi connectivity index (χ0v) is 22.3. The lowest BCUT2D eigenvalue weighted by atomic mass is 9.84. The van der Waals surface area contributed by atoms with Gasteiger partial charge in [-0.1, -0.05) is 49.2 Å². The maximum absolute atomic E-state index is 13.6. The summed E-state index contributed by atoms with van der Waals surface area (Å²) < 4.78 is 0. The van der Waals surface area contributed by atoms with Crippen molar-refractivity contribution >= 4 is 29.1 Å². The highest BCUT2D eigenvalue weighted by molar-refractivity contribution is 8.00. The van der Waals surface area contributed by atoms with Crippen molar-refractivity contribution in [1.29, 1.82) is 0 Å². The summed E-state index contributed by atoms with van der Waals surface area (Å²) in [5, 5.41) is 0.487. The van der Waals surface area contributed by atoms with Crippen molar-refractivity contribution in [2.24, 2.45) is 10.9 Å². The van der Waals surface area contributed by atoms with Crippen LogP contribution >= 0.6 is 11.8 Å². The minimum Gasteiger partial charge on any atom is -0.368 e. The summed E-state index contributed by atoms with van der Waals surface area (Å²) in [5.74, 6) is 0.475. The molecule has 0 aromatic heterocycles. The molecule has 1 amide bonds. The normalized spacial score (nSPS) is 24.3. The van der Waals surface area contributed by atoms with Gasteiger partial charge in [-0.05, 0) is 63.6 Å². The number of nitrogens with zero attached hydrogens (tertiary/aromatic N) is 3. The zero-order valence-electron chi connectivity index (χ0n) is 21.5. The fourth-order valence-corrected chi connectivity index (χ4v) is 7.37. The number of hydrogen-bond acceptors (Lipinski definition) is 4. The van der Waals surface area contributed by atoms with Crippen LogP contribution in [0.25, 0.3) is 0 Å². The maximum atomic E-state index is 13.6. The van der Waals surface area contributed by atoms with Crippen molar-refractivity contribution < 1.29 is 4.79 Å². The molecule has 5 rings (SSSR count). The van der Waals surface area contributed by atoms with E-state index < -0.39 is 0 Å². The molecule has 186 valence electrons. The molecular formula is C30H39N3OS. The zero-order chi connectivity index (χ0) is 24.4. The highest BCUT2D eigenvalue weighted by Crippen LogP contribution is 2.42. The number of thioether (sulfide) groups is 1. The van der Waals surface area contributed by atoms with E-state index in [9.17, 15) is 4.79 Å². The first-order chi connectivity index (χ1) is 17.0. The second kappa shape index (κ2) is 10.8. The number of unbranched alkanes of at least 4 members (excludes halogenated alkanes) is 1. The van der Waals surface area contributed by atoms with Gasteiger partial charge in [0.1, 0.15) is 0 Å². The summed E-state index contributed by atoms with van der Waals surface area (Å²) in [4.78, 5) is 24.9. The van der Waals surface area contributed by atoms with Gasteiger partial charge >= 0.3 is 0 Å². The fourth-order valence-electron chi connectivity index (χ4n) is 5.99. The third kappa shape index (κ3) is 5.30. The van der Waals surface area contributed by atoms with E-state index in [2.05, 4.69) is 73.0 Å². The van der Waals surface area contributed by atoms with Gasteiger partial charge in [0, 0.05) is 59.2 Å². The SMILES string of the molecule is CCCCC1=NC2CC(C(=O)N3CCN(c4ccc(C)cc4C)CC3)CC[C@@H]2Sc2ccccc21. The lowest BCUT2D eigenvalue weighted by Gasteiger charge is -2.40. The monoisotopic (exact) mass is 489 g/mol. The number of piperazine rings is 1. The summed E-state index contributed by atoms with van der Waals surface area (Å²) in [6, 6.07) is 15.7. The molecular weight excluding hydrogens is 450 g/mol. The molecule has 5 heteroatoms. The van der Waals surface area contributed by atoms with Crippen LogP contribution < -0.4 is 4.90 Å². The van der Waals surface area contributed by atoms with E-state index in [1.54, 1.807) is 0 Å². The predicted molar refractivity (Wildman–Crippen MR) is 148 cm³/mol. The maximum Gasteiger partial charge on any atom is 0.225 e. The molecule has 1 aliphatic carbocycles. The molecule has 35 heavy (non-hydrogen) atoms. The van der Waals surface area contributed by atoms with Gasteiger partial charge in [-0.15, -0.1) is 11.8 Å². The standard InChI is InChI=1S/C30H39N3OS/c1-4-5-9-25-24-8-6-7-10-28(24)35-29-14-12-23(20-26(29)31-25)30(34)33-17-15-32(16-18-33)27-13-11-21(2)19-22(27)3/h6-8,10-11,13,19,23,26,29H,4-5,9,12,14-18,20H2,1-3H3/t23?,26?,29-/m0/s1. The van der Waals surface area contributed by atoms with Gasteiger partial charge < -0.3 is 9.80 Å². The molecule has 0 N–H and O–H groups in total. The molecule has 1 saturated heterocycles. The van der Waals surface area contributed by atoms with Crippen molar-refractivity contribution in [3.05, 3.63) is 59.2 Å². The Morgan fingerprint density at radius 1 is 1.06 bits per heavy atom. The lowest BCUT2D eigenvalue weighted by Crippen LogP contribution is -2.51. The lowest BCUT2D eigenvalue weighted by molar-refractivity contribution is -0.137. The Bertz CT molecular complexity index is 1090. The first-order valence-corrected chi connectivity index (χ1v) is 14.3.